The average Bonchev–Trinajstić information content (AvgIpc) is 3.34. The highest BCUT2D eigenvalue weighted by Gasteiger charge is 2.26. The molecule has 4 rings (SSSR count). The van der Waals surface area contributed by atoms with E-state index in [-0.39, 0.29) is 18.0 Å². The summed E-state index contributed by atoms with van der Waals surface area (Å²) in [5.41, 5.74) is 2.82. The highest BCUT2D eigenvalue weighted by Crippen LogP contribution is 2.27. The van der Waals surface area contributed by atoms with Crippen molar-refractivity contribution in [1.82, 2.24) is 24.6 Å². The fourth-order valence-corrected chi connectivity index (χ4v) is 4.54. The van der Waals surface area contributed by atoms with Crippen molar-refractivity contribution in [3.05, 3.63) is 88.1 Å². The molecule has 2 heterocycles. The molecule has 0 saturated heterocycles. The van der Waals surface area contributed by atoms with E-state index in [2.05, 4.69) is 20.8 Å². The van der Waals surface area contributed by atoms with Crippen molar-refractivity contribution in [2.75, 3.05) is 5.32 Å². The number of amides is 2. The van der Waals surface area contributed by atoms with Crippen molar-refractivity contribution in [2.45, 2.75) is 58.7 Å². The van der Waals surface area contributed by atoms with Gasteiger partial charge in [-0.15, -0.1) is 10.2 Å². The van der Waals surface area contributed by atoms with Gasteiger partial charge in [-0.3, -0.25) is 9.59 Å². The largest absolute Gasteiger partial charge is 0.444 e. The number of hydrogen-bond donors (Lipinski definition) is 2. The number of pyridine rings is 1. The molecule has 0 aliphatic rings. The van der Waals surface area contributed by atoms with E-state index in [4.69, 9.17) is 16.3 Å². The number of hydrogen-bond acceptors (Lipinski definition) is 6. The topological polar surface area (TPSA) is 120 Å². The van der Waals surface area contributed by atoms with Crippen LogP contribution in [0.1, 0.15) is 46.2 Å². The Kier molecular flexibility index (Phi) is 9.16. The lowest BCUT2D eigenvalue weighted by Crippen LogP contribution is -2.47. The van der Waals surface area contributed by atoms with Crippen LogP contribution in [-0.4, -0.2) is 43.0 Å². The summed E-state index contributed by atoms with van der Waals surface area (Å²) < 4.78 is 8.88. The van der Waals surface area contributed by atoms with E-state index < -0.39 is 23.6 Å². The molecule has 10 nitrogen and oxygen atoms in total. The first-order chi connectivity index (χ1) is 19.8. The van der Waals surface area contributed by atoms with Crippen LogP contribution in [0.15, 0.2) is 71.9 Å². The molecule has 0 saturated carbocycles. The first-order valence-corrected chi connectivity index (χ1v) is 13.9. The van der Waals surface area contributed by atoms with Gasteiger partial charge >= 0.3 is 6.09 Å². The Morgan fingerprint density at radius 1 is 1.00 bits per heavy atom. The zero-order valence-electron chi connectivity index (χ0n) is 24.5. The maximum Gasteiger partial charge on any atom is 0.408 e. The Morgan fingerprint density at radius 2 is 1.67 bits per heavy atom. The highest BCUT2D eigenvalue weighted by molar-refractivity contribution is 6.31. The summed E-state index contributed by atoms with van der Waals surface area (Å²) in [7, 11) is 1.85. The fraction of sp³-hybridized carbons (Fsp3) is 0.323. The second kappa shape index (κ2) is 12.6. The minimum atomic E-state index is -1.00. The maximum absolute atomic E-state index is 13.5. The van der Waals surface area contributed by atoms with Crippen LogP contribution < -0.4 is 16.2 Å². The lowest BCUT2D eigenvalue weighted by molar-refractivity contribution is -0.118. The van der Waals surface area contributed by atoms with Crippen LogP contribution in [0.5, 0.6) is 0 Å². The number of carbonyl (C=O) groups excluding carboxylic acids is 2. The Balaban J connectivity index is 1.60. The Morgan fingerprint density at radius 3 is 2.29 bits per heavy atom. The van der Waals surface area contributed by atoms with Crippen molar-refractivity contribution < 1.29 is 14.3 Å². The maximum atomic E-state index is 13.5. The summed E-state index contributed by atoms with van der Waals surface area (Å²) in [5, 5.41) is 14.0. The molecule has 4 aromatic rings. The normalized spacial score (nSPS) is 12.2. The quantitative estimate of drug-likeness (QED) is 0.275. The third kappa shape index (κ3) is 7.64. The van der Waals surface area contributed by atoms with Gasteiger partial charge in [-0.2, -0.15) is 0 Å². The first kappa shape index (κ1) is 30.5. The van der Waals surface area contributed by atoms with Crippen molar-refractivity contribution in [3.63, 3.8) is 0 Å². The number of aromatic nitrogens is 4. The van der Waals surface area contributed by atoms with Gasteiger partial charge in [0.1, 0.15) is 18.0 Å². The van der Waals surface area contributed by atoms with Crippen LogP contribution in [0.2, 0.25) is 5.02 Å². The molecule has 2 N–H and O–H groups in total. The molecule has 1 unspecified atom stereocenters. The number of halogens is 1. The van der Waals surface area contributed by atoms with E-state index in [0.717, 1.165) is 16.7 Å². The van der Waals surface area contributed by atoms with Crippen LogP contribution in [0, 0.1) is 0 Å². The van der Waals surface area contributed by atoms with E-state index in [1.165, 1.54) is 6.07 Å². The number of nitrogens with zero attached hydrogens (tertiary/aromatic N) is 4. The molecule has 2 aromatic heterocycles. The van der Waals surface area contributed by atoms with Gasteiger partial charge < -0.3 is 24.5 Å². The summed E-state index contributed by atoms with van der Waals surface area (Å²) in [4.78, 5) is 38.5. The molecule has 0 radical (unpaired) electrons. The van der Waals surface area contributed by atoms with Gasteiger partial charge in [0, 0.05) is 48.0 Å². The molecular formula is C31H35ClN6O4. The minimum absolute atomic E-state index is 0.00946. The van der Waals surface area contributed by atoms with Gasteiger partial charge in [0.25, 0.3) is 5.56 Å². The Hall–Kier alpha value is -4.44. The van der Waals surface area contributed by atoms with Gasteiger partial charge in [-0.05, 0) is 93.8 Å². The second-order valence-corrected chi connectivity index (χ2v) is 11.7. The number of alkyl carbamates (subject to hydrolysis) is 1. The first-order valence-electron chi connectivity index (χ1n) is 13.6. The van der Waals surface area contributed by atoms with Crippen LogP contribution in [0.4, 0.5) is 10.5 Å². The van der Waals surface area contributed by atoms with Crippen LogP contribution in [0.25, 0.3) is 22.5 Å². The molecule has 0 spiro atoms. The molecule has 2 amide bonds. The summed E-state index contributed by atoms with van der Waals surface area (Å²) in [6, 6.07) is 14.9. The summed E-state index contributed by atoms with van der Waals surface area (Å²) in [6.45, 7) is 9.12. The third-order valence-electron chi connectivity index (χ3n) is 6.43. The number of carbonyl (C=O) groups is 2. The van der Waals surface area contributed by atoms with Gasteiger partial charge in [0.15, 0.2) is 5.82 Å². The molecule has 11 heteroatoms. The van der Waals surface area contributed by atoms with Crippen molar-refractivity contribution in [1.29, 1.82) is 0 Å². The molecule has 42 heavy (non-hydrogen) atoms. The molecule has 0 fully saturated rings. The number of anilines is 1. The number of nitrogens with one attached hydrogen (secondary N) is 2. The van der Waals surface area contributed by atoms with E-state index in [1.54, 1.807) is 66.7 Å². The van der Waals surface area contributed by atoms with Crippen molar-refractivity contribution >= 4 is 29.3 Å². The Bertz CT molecular complexity index is 1640. The number of ether oxygens (including phenoxy) is 1. The lowest BCUT2D eigenvalue weighted by atomic mass is 9.99. The van der Waals surface area contributed by atoms with Crippen LogP contribution >= 0.6 is 11.6 Å². The third-order valence-corrected chi connectivity index (χ3v) is 6.80. The molecular weight excluding hydrogens is 556 g/mol. The standard InChI is InChI=1S/C31H35ClN6O4/c1-19(2)38-17-22(10-14-27(38)39)21-9-13-25(32)23(15-21)16-26(35-30(41)42-31(3,4)5)29(40)34-24-11-7-20(8-12-24)28-36-33-18-37(28)6/h7-15,17-19,26H,16H2,1-6H3,(H,34,40)(H,35,41). The van der Waals surface area contributed by atoms with E-state index >= 15 is 0 Å². The average molecular weight is 591 g/mol. The van der Waals surface area contributed by atoms with Crippen LogP contribution in [0.3, 0.4) is 0 Å². The number of benzene rings is 2. The molecule has 0 aliphatic carbocycles. The summed E-state index contributed by atoms with van der Waals surface area (Å²) in [5.74, 6) is 0.248. The number of aryl methyl sites for hydroxylation is 1. The lowest BCUT2D eigenvalue weighted by Gasteiger charge is -2.24. The van der Waals surface area contributed by atoms with E-state index in [9.17, 15) is 14.4 Å². The zero-order chi connectivity index (χ0) is 30.6. The summed E-state index contributed by atoms with van der Waals surface area (Å²) in [6.07, 6.45) is 2.78. The fourth-order valence-electron chi connectivity index (χ4n) is 4.34. The highest BCUT2D eigenvalue weighted by atomic mass is 35.5. The molecule has 0 bridgehead atoms. The van der Waals surface area contributed by atoms with Crippen LogP contribution in [-0.2, 0) is 23.0 Å². The Labute approximate surface area is 249 Å². The molecule has 1 atom stereocenters. The molecule has 220 valence electrons. The van der Waals surface area contributed by atoms with E-state index in [0.29, 0.717) is 22.1 Å². The smallest absolute Gasteiger partial charge is 0.408 e. The van der Waals surface area contributed by atoms with Gasteiger partial charge in [-0.1, -0.05) is 17.7 Å². The summed E-state index contributed by atoms with van der Waals surface area (Å²) >= 11 is 6.58. The zero-order valence-corrected chi connectivity index (χ0v) is 25.3. The molecule has 2 aromatic carbocycles. The predicted octanol–water partition coefficient (Wildman–Crippen LogP) is 5.62. The minimum Gasteiger partial charge on any atom is -0.444 e. The van der Waals surface area contributed by atoms with Gasteiger partial charge in [0.2, 0.25) is 5.91 Å². The van der Waals surface area contributed by atoms with Crippen molar-refractivity contribution in [3.8, 4) is 22.5 Å². The second-order valence-electron chi connectivity index (χ2n) is 11.3. The molecule has 0 aliphatic heterocycles. The SMILES string of the molecule is CC(C)n1cc(-c2ccc(Cl)c(CC(NC(=O)OC(C)(C)C)C(=O)Nc3ccc(-c4nncn4C)cc3)c2)ccc1=O. The predicted molar refractivity (Wildman–Crippen MR) is 163 cm³/mol. The monoisotopic (exact) mass is 590 g/mol. The van der Waals surface area contributed by atoms with Gasteiger partial charge in [0.05, 0.1) is 0 Å². The number of rotatable bonds is 8. The van der Waals surface area contributed by atoms with E-state index in [1.807, 2.05) is 45.2 Å². The van der Waals surface area contributed by atoms with Gasteiger partial charge in [-0.25, -0.2) is 4.79 Å². The van der Waals surface area contributed by atoms with Crippen molar-refractivity contribution in [2.24, 2.45) is 7.05 Å².